The third kappa shape index (κ3) is 4.12. The number of benzene rings is 2. The molecule has 2 aliphatic rings. The number of ether oxygens (including phenoxy) is 1. The van der Waals surface area contributed by atoms with Gasteiger partial charge in [0, 0.05) is 6.54 Å². The second kappa shape index (κ2) is 8.91. The zero-order valence-corrected chi connectivity index (χ0v) is 18.2. The van der Waals surface area contributed by atoms with Crippen molar-refractivity contribution in [3.8, 4) is 11.5 Å². The molecule has 2 aromatic carbocycles. The molecule has 33 heavy (non-hydrogen) atoms. The van der Waals surface area contributed by atoms with Crippen LogP contribution in [0.1, 0.15) is 30.0 Å². The lowest BCUT2D eigenvalue weighted by Crippen LogP contribution is -2.46. The molecule has 0 radical (unpaired) electrons. The lowest BCUT2D eigenvalue weighted by Gasteiger charge is -2.29. The molecule has 0 spiro atoms. The number of nitrogen functional groups attached to an aromatic ring is 1. The van der Waals surface area contributed by atoms with Crippen molar-refractivity contribution in [3.05, 3.63) is 84.7 Å². The van der Waals surface area contributed by atoms with Gasteiger partial charge in [-0.05, 0) is 48.7 Å². The van der Waals surface area contributed by atoms with Gasteiger partial charge in [0.1, 0.15) is 23.6 Å². The summed E-state index contributed by atoms with van der Waals surface area (Å²) in [4.78, 5) is 22.9. The normalized spacial score (nSPS) is 19.4. The molecular weight excluding hydrogens is 416 g/mol. The molecule has 0 aliphatic carbocycles. The maximum Gasteiger partial charge on any atom is 0.246 e. The molecule has 0 bridgehead atoms. The van der Waals surface area contributed by atoms with Crippen molar-refractivity contribution in [2.75, 3.05) is 23.8 Å². The van der Waals surface area contributed by atoms with Crippen molar-refractivity contribution in [3.63, 3.8) is 0 Å². The molecule has 1 saturated heterocycles. The highest BCUT2D eigenvalue weighted by Gasteiger charge is 2.37. The van der Waals surface area contributed by atoms with Crippen molar-refractivity contribution < 1.29 is 9.53 Å². The van der Waals surface area contributed by atoms with E-state index in [1.54, 1.807) is 0 Å². The second-order valence-corrected chi connectivity index (χ2v) is 8.18. The maximum absolute atomic E-state index is 12.3. The molecule has 1 unspecified atom stereocenters. The van der Waals surface area contributed by atoms with Crippen molar-refractivity contribution >= 4 is 17.5 Å². The van der Waals surface area contributed by atoms with Gasteiger partial charge in [0.15, 0.2) is 5.82 Å². The van der Waals surface area contributed by atoms with Gasteiger partial charge in [0.2, 0.25) is 5.91 Å². The summed E-state index contributed by atoms with van der Waals surface area (Å²) in [6.07, 6.45) is 4.77. The number of hydrazine groups is 1. The Labute approximate surface area is 192 Å². The Bertz CT molecular complexity index is 1150. The predicted octanol–water partition coefficient (Wildman–Crippen LogP) is 3.44. The fourth-order valence-electron chi connectivity index (χ4n) is 4.55. The van der Waals surface area contributed by atoms with Crippen LogP contribution in [0.5, 0.6) is 11.5 Å². The number of fused-ring (bicyclic) bond motifs is 1. The van der Waals surface area contributed by atoms with Crippen LogP contribution in [-0.2, 0) is 4.79 Å². The van der Waals surface area contributed by atoms with Gasteiger partial charge in [-0.25, -0.2) is 15.4 Å². The molecule has 3 aromatic rings. The number of nitrogens with one attached hydrogen (secondary N) is 1. The molecule has 0 saturated carbocycles. The first-order valence-corrected chi connectivity index (χ1v) is 11.0. The predicted molar refractivity (Wildman–Crippen MR) is 127 cm³/mol. The number of nitrogens with two attached hydrogens (primary N) is 1. The fourth-order valence-corrected chi connectivity index (χ4v) is 4.55. The molecule has 8 nitrogen and oxygen atoms in total. The zero-order chi connectivity index (χ0) is 22.8. The first-order valence-electron chi connectivity index (χ1n) is 11.0. The SMILES string of the molecule is C=CC(=O)N1CCC[C@@H]1CN1NC(c2ccc(Oc3ccccc3)cc2)c2c(N)ncnc21. The van der Waals surface area contributed by atoms with Crippen molar-refractivity contribution in [1.82, 2.24) is 20.3 Å². The number of likely N-dealkylation sites (tertiary alicyclic amines) is 1. The number of anilines is 2. The Morgan fingerprint density at radius 3 is 2.67 bits per heavy atom. The number of carbonyl (C=O) groups is 1. The number of aromatic nitrogens is 2. The van der Waals surface area contributed by atoms with Crippen LogP contribution >= 0.6 is 0 Å². The smallest absolute Gasteiger partial charge is 0.246 e. The summed E-state index contributed by atoms with van der Waals surface area (Å²) in [5.74, 6) is 2.69. The Hall–Kier alpha value is -3.91. The molecular formula is C25H26N6O2. The largest absolute Gasteiger partial charge is 0.457 e. The van der Waals surface area contributed by atoms with Gasteiger partial charge in [0.25, 0.3) is 0 Å². The molecule has 168 valence electrons. The molecule has 1 aromatic heterocycles. The highest BCUT2D eigenvalue weighted by Crippen LogP contribution is 2.39. The van der Waals surface area contributed by atoms with Gasteiger partial charge in [-0.2, -0.15) is 0 Å². The summed E-state index contributed by atoms with van der Waals surface area (Å²) in [6, 6.07) is 17.5. The Kier molecular flexibility index (Phi) is 5.66. The van der Waals surface area contributed by atoms with Crippen LogP contribution in [0.3, 0.4) is 0 Å². The van der Waals surface area contributed by atoms with E-state index in [1.807, 2.05) is 64.5 Å². The molecule has 2 aliphatic heterocycles. The van der Waals surface area contributed by atoms with Crippen LogP contribution < -0.4 is 20.9 Å². The van der Waals surface area contributed by atoms with Gasteiger partial charge in [-0.15, -0.1) is 0 Å². The summed E-state index contributed by atoms with van der Waals surface area (Å²) in [6.45, 7) is 4.99. The average Bonchev–Trinajstić information content (AvgIpc) is 3.46. The standard InChI is InChI=1S/C25H26N6O2/c1-2-21(32)30-14-6-7-18(30)15-31-25-22(24(26)27-16-28-25)23(29-31)17-10-12-20(13-11-17)33-19-8-4-3-5-9-19/h2-5,8-13,16,18,23,29H,1,6-7,14-15H2,(H2,26,27,28)/t18-,23?/m1/s1. The lowest BCUT2D eigenvalue weighted by atomic mass is 10.0. The lowest BCUT2D eigenvalue weighted by molar-refractivity contribution is -0.126. The minimum Gasteiger partial charge on any atom is -0.457 e. The quantitative estimate of drug-likeness (QED) is 0.565. The van der Waals surface area contributed by atoms with Gasteiger partial charge >= 0.3 is 0 Å². The van der Waals surface area contributed by atoms with E-state index in [-0.39, 0.29) is 18.0 Å². The first kappa shape index (κ1) is 21.0. The number of hydrogen-bond acceptors (Lipinski definition) is 7. The van der Waals surface area contributed by atoms with E-state index >= 15 is 0 Å². The van der Waals surface area contributed by atoms with Crippen molar-refractivity contribution in [2.45, 2.75) is 24.9 Å². The van der Waals surface area contributed by atoms with Gasteiger partial charge in [0.05, 0.1) is 24.2 Å². The highest BCUT2D eigenvalue weighted by atomic mass is 16.5. The summed E-state index contributed by atoms with van der Waals surface area (Å²) in [5, 5.41) is 1.99. The Morgan fingerprint density at radius 1 is 1.15 bits per heavy atom. The summed E-state index contributed by atoms with van der Waals surface area (Å²) >= 11 is 0. The minimum absolute atomic E-state index is 0.0373. The number of amides is 1. The molecule has 3 N–H and O–H groups in total. The minimum atomic E-state index is -0.197. The maximum atomic E-state index is 12.3. The van der Waals surface area contributed by atoms with Gasteiger partial charge in [-0.3, -0.25) is 9.80 Å². The van der Waals surface area contributed by atoms with Gasteiger partial charge in [-0.1, -0.05) is 36.9 Å². The van der Waals surface area contributed by atoms with E-state index in [0.29, 0.717) is 12.4 Å². The Morgan fingerprint density at radius 2 is 1.91 bits per heavy atom. The molecule has 3 heterocycles. The summed E-state index contributed by atoms with van der Waals surface area (Å²) < 4.78 is 5.92. The zero-order valence-electron chi connectivity index (χ0n) is 18.2. The van der Waals surface area contributed by atoms with E-state index in [2.05, 4.69) is 22.0 Å². The van der Waals surface area contributed by atoms with E-state index in [4.69, 9.17) is 10.5 Å². The summed E-state index contributed by atoms with van der Waals surface area (Å²) in [7, 11) is 0. The van der Waals surface area contributed by atoms with Crippen LogP contribution in [0, 0.1) is 0 Å². The van der Waals surface area contributed by atoms with E-state index in [9.17, 15) is 4.79 Å². The van der Waals surface area contributed by atoms with E-state index < -0.39 is 0 Å². The van der Waals surface area contributed by atoms with Gasteiger partial charge < -0.3 is 15.4 Å². The molecule has 8 heteroatoms. The van der Waals surface area contributed by atoms with Crippen LogP contribution in [0.25, 0.3) is 0 Å². The third-order valence-electron chi connectivity index (χ3n) is 6.14. The van der Waals surface area contributed by atoms with Crippen LogP contribution in [0.2, 0.25) is 0 Å². The number of para-hydroxylation sites is 1. The molecule has 1 amide bonds. The molecule has 5 rings (SSSR count). The molecule has 2 atom stereocenters. The fraction of sp³-hybridized carbons (Fsp3) is 0.240. The highest BCUT2D eigenvalue weighted by molar-refractivity contribution is 5.87. The molecule has 1 fully saturated rings. The number of nitrogens with zero attached hydrogens (tertiary/aromatic N) is 4. The van der Waals surface area contributed by atoms with Crippen LogP contribution in [0.15, 0.2) is 73.6 Å². The number of hydrogen-bond donors (Lipinski definition) is 2. The number of carbonyl (C=O) groups excluding carboxylic acids is 1. The van der Waals surface area contributed by atoms with E-state index in [1.165, 1.54) is 12.4 Å². The second-order valence-electron chi connectivity index (χ2n) is 8.18. The monoisotopic (exact) mass is 442 g/mol. The van der Waals surface area contributed by atoms with Crippen LogP contribution in [0.4, 0.5) is 11.6 Å². The average molecular weight is 443 g/mol. The van der Waals surface area contributed by atoms with E-state index in [0.717, 1.165) is 47.8 Å². The summed E-state index contributed by atoms with van der Waals surface area (Å²) in [5.41, 5.74) is 11.7. The van der Waals surface area contributed by atoms with Crippen LogP contribution in [-0.4, -0.2) is 39.9 Å². The topological polar surface area (TPSA) is 96.6 Å². The Balaban J connectivity index is 1.38. The third-order valence-corrected chi connectivity index (χ3v) is 6.14. The van der Waals surface area contributed by atoms with Crippen molar-refractivity contribution in [1.29, 1.82) is 0 Å². The number of rotatable bonds is 6. The van der Waals surface area contributed by atoms with Crippen molar-refractivity contribution in [2.24, 2.45) is 0 Å². The first-order chi connectivity index (χ1) is 16.1.